The minimum Gasteiger partial charge on any atom is -0.481 e. The molecular weight excluding hydrogens is 349 g/mol. The summed E-state index contributed by atoms with van der Waals surface area (Å²) in [5.41, 5.74) is 0. The summed E-state index contributed by atoms with van der Waals surface area (Å²) in [6, 6.07) is 2.15. The van der Waals surface area contributed by atoms with Gasteiger partial charge >= 0.3 is 0 Å². The van der Waals surface area contributed by atoms with E-state index in [0.29, 0.717) is 0 Å². The summed E-state index contributed by atoms with van der Waals surface area (Å²) < 4.78 is 27.4. The Kier molecular flexibility index (Phi) is 5.96. The number of rotatable bonds is 5. The van der Waals surface area contributed by atoms with Crippen molar-refractivity contribution >= 4 is 48.8 Å². The number of hydrogen-bond acceptors (Lipinski definition) is 4. The van der Waals surface area contributed by atoms with Crippen LogP contribution in [-0.4, -0.2) is 27.5 Å². The molecule has 1 amide bonds. The van der Waals surface area contributed by atoms with Crippen molar-refractivity contribution in [3.63, 3.8) is 0 Å². The first-order chi connectivity index (χ1) is 9.25. The minimum absolute atomic E-state index is 0.0201. The first-order valence-electron chi connectivity index (χ1n) is 5.02. The average molecular weight is 357 g/mol. The van der Waals surface area contributed by atoms with Crippen LogP contribution in [0.4, 0.5) is 0 Å². The van der Waals surface area contributed by atoms with Gasteiger partial charge in [-0.05, 0) is 12.1 Å². The third-order valence-electron chi connectivity index (χ3n) is 1.99. The monoisotopic (exact) mass is 355 g/mol. The molecule has 0 spiro atoms. The predicted molar refractivity (Wildman–Crippen MR) is 76.8 cm³/mol. The lowest BCUT2D eigenvalue weighted by atomic mass is 10.3. The van der Waals surface area contributed by atoms with Crippen molar-refractivity contribution in [3.8, 4) is 18.1 Å². The minimum atomic E-state index is -3.96. The normalized spacial score (nSPS) is 10.7. The van der Waals surface area contributed by atoms with E-state index in [2.05, 4.69) is 11.2 Å². The molecule has 1 N–H and O–H groups in total. The topological polar surface area (TPSA) is 72.5 Å². The van der Waals surface area contributed by atoms with Crippen molar-refractivity contribution in [2.75, 3.05) is 13.2 Å². The average Bonchev–Trinajstić information content (AvgIpc) is 2.34. The van der Waals surface area contributed by atoms with Crippen molar-refractivity contribution in [1.82, 2.24) is 5.32 Å². The zero-order valence-corrected chi connectivity index (χ0v) is 12.9. The fourth-order valence-corrected chi connectivity index (χ4v) is 2.66. The second-order valence-corrected chi connectivity index (χ2v) is 6.80. The molecule has 0 fully saturated rings. The van der Waals surface area contributed by atoms with Gasteiger partial charge in [0, 0.05) is 10.7 Å². The Morgan fingerprint density at radius 3 is 2.35 bits per heavy atom. The van der Waals surface area contributed by atoms with E-state index in [4.69, 9.17) is 45.0 Å². The smallest absolute Gasteiger partial charge is 0.261 e. The molecule has 1 rings (SSSR count). The third kappa shape index (κ3) is 4.76. The Morgan fingerprint density at radius 2 is 1.90 bits per heavy atom. The molecule has 1 aromatic rings. The molecule has 9 heteroatoms. The van der Waals surface area contributed by atoms with Gasteiger partial charge in [0.25, 0.3) is 15.0 Å². The summed E-state index contributed by atoms with van der Waals surface area (Å²) in [6.45, 7) is -0.304. The van der Waals surface area contributed by atoms with Crippen LogP contribution in [0.1, 0.15) is 0 Å². The Morgan fingerprint density at radius 1 is 1.35 bits per heavy atom. The predicted octanol–water partition coefficient (Wildman–Crippen LogP) is 2.05. The first-order valence-corrected chi connectivity index (χ1v) is 8.09. The quantitative estimate of drug-likeness (QED) is 0.647. The maximum absolute atomic E-state index is 11.3. The number of halogens is 3. The van der Waals surface area contributed by atoms with E-state index < -0.39 is 15.0 Å². The van der Waals surface area contributed by atoms with Crippen LogP contribution >= 0.6 is 33.9 Å². The Hall–Kier alpha value is -1.13. The van der Waals surface area contributed by atoms with Crippen LogP contribution in [0.25, 0.3) is 0 Å². The molecule has 0 aromatic heterocycles. The largest absolute Gasteiger partial charge is 0.481 e. The first kappa shape index (κ1) is 16.9. The molecule has 0 atom stereocenters. The highest BCUT2D eigenvalue weighted by Gasteiger charge is 2.17. The summed E-state index contributed by atoms with van der Waals surface area (Å²) in [6.07, 6.45) is 4.97. The zero-order chi connectivity index (χ0) is 15.3. The Balaban J connectivity index is 2.88. The van der Waals surface area contributed by atoms with Crippen LogP contribution in [0.3, 0.4) is 0 Å². The number of carbonyl (C=O) groups excluding carboxylic acids is 1. The lowest BCUT2D eigenvalue weighted by Gasteiger charge is -2.10. The van der Waals surface area contributed by atoms with E-state index >= 15 is 0 Å². The van der Waals surface area contributed by atoms with Gasteiger partial charge in [0.05, 0.1) is 21.5 Å². The van der Waals surface area contributed by atoms with E-state index in [1.165, 1.54) is 0 Å². The molecule has 20 heavy (non-hydrogen) atoms. The fraction of sp³-hybridized carbons (Fsp3) is 0.182. The van der Waals surface area contributed by atoms with Gasteiger partial charge in [0.1, 0.15) is 0 Å². The Bertz CT molecular complexity index is 644. The molecule has 0 saturated carbocycles. The fourth-order valence-electron chi connectivity index (χ4n) is 1.15. The van der Waals surface area contributed by atoms with Gasteiger partial charge in [0.15, 0.2) is 12.4 Å². The van der Waals surface area contributed by atoms with Crippen molar-refractivity contribution in [3.05, 3.63) is 22.2 Å². The maximum atomic E-state index is 11.3. The molecule has 1 aromatic carbocycles. The second kappa shape index (κ2) is 7.04. The SMILES string of the molecule is C#CCNC(=O)COc1c(Cl)cc(S(=O)(=O)Cl)cc1Cl. The molecule has 0 bridgehead atoms. The van der Waals surface area contributed by atoms with Gasteiger partial charge in [-0.2, -0.15) is 0 Å². The van der Waals surface area contributed by atoms with Crippen LogP contribution in [-0.2, 0) is 13.8 Å². The highest BCUT2D eigenvalue weighted by atomic mass is 35.7. The van der Waals surface area contributed by atoms with Gasteiger partial charge in [-0.15, -0.1) is 6.42 Å². The van der Waals surface area contributed by atoms with Crippen LogP contribution in [0.15, 0.2) is 17.0 Å². The second-order valence-electron chi connectivity index (χ2n) is 3.42. The molecule has 0 unspecified atom stereocenters. The van der Waals surface area contributed by atoms with E-state index in [-0.39, 0.29) is 33.8 Å². The molecular formula is C11H8Cl3NO4S. The lowest BCUT2D eigenvalue weighted by Crippen LogP contribution is -2.29. The molecule has 0 aliphatic carbocycles. The molecule has 108 valence electrons. The van der Waals surface area contributed by atoms with Crippen molar-refractivity contribution in [2.24, 2.45) is 0 Å². The summed E-state index contributed by atoms with van der Waals surface area (Å²) in [4.78, 5) is 11.0. The van der Waals surface area contributed by atoms with Crippen LogP contribution < -0.4 is 10.1 Å². The summed E-state index contributed by atoms with van der Waals surface area (Å²) >= 11 is 11.7. The summed E-state index contributed by atoms with van der Waals surface area (Å²) in [7, 11) is 1.21. The van der Waals surface area contributed by atoms with Crippen molar-refractivity contribution < 1.29 is 17.9 Å². The van der Waals surface area contributed by atoms with Gasteiger partial charge in [0.2, 0.25) is 0 Å². The van der Waals surface area contributed by atoms with E-state index in [9.17, 15) is 13.2 Å². The van der Waals surface area contributed by atoms with Gasteiger partial charge in [-0.1, -0.05) is 29.1 Å². The van der Waals surface area contributed by atoms with Crippen LogP contribution in [0, 0.1) is 12.3 Å². The van der Waals surface area contributed by atoms with Gasteiger partial charge in [-0.25, -0.2) is 8.42 Å². The molecule has 0 radical (unpaired) electrons. The lowest BCUT2D eigenvalue weighted by molar-refractivity contribution is -0.122. The number of benzene rings is 1. The van der Waals surface area contributed by atoms with Crippen molar-refractivity contribution in [2.45, 2.75) is 4.90 Å². The third-order valence-corrected chi connectivity index (χ3v) is 3.88. The van der Waals surface area contributed by atoms with Gasteiger partial charge < -0.3 is 10.1 Å². The molecule has 5 nitrogen and oxygen atoms in total. The number of nitrogens with one attached hydrogen (secondary N) is 1. The molecule has 0 heterocycles. The highest BCUT2D eigenvalue weighted by molar-refractivity contribution is 8.13. The molecule has 0 aliphatic heterocycles. The standard InChI is InChI=1S/C11H8Cl3NO4S/c1-2-3-15-10(16)6-19-11-8(12)4-7(5-9(11)13)20(14,17)18/h1,4-5H,3,6H2,(H,15,16). The summed E-state index contributed by atoms with van der Waals surface area (Å²) in [5.74, 6) is 1.73. The van der Waals surface area contributed by atoms with Gasteiger partial charge in [-0.3, -0.25) is 4.79 Å². The van der Waals surface area contributed by atoms with E-state index in [1.54, 1.807) is 0 Å². The number of terminal acetylenes is 1. The summed E-state index contributed by atoms with van der Waals surface area (Å²) in [5, 5.41) is 2.21. The number of ether oxygens (including phenoxy) is 1. The molecule has 0 saturated heterocycles. The number of amides is 1. The number of hydrogen-bond donors (Lipinski definition) is 1. The van der Waals surface area contributed by atoms with E-state index in [1.807, 2.05) is 0 Å². The maximum Gasteiger partial charge on any atom is 0.261 e. The van der Waals surface area contributed by atoms with Crippen LogP contribution in [0.5, 0.6) is 5.75 Å². The van der Waals surface area contributed by atoms with Crippen LogP contribution in [0.2, 0.25) is 10.0 Å². The van der Waals surface area contributed by atoms with Crippen molar-refractivity contribution in [1.29, 1.82) is 0 Å². The zero-order valence-electron chi connectivity index (χ0n) is 9.82. The number of carbonyl (C=O) groups is 1. The molecule has 0 aliphatic rings. The highest BCUT2D eigenvalue weighted by Crippen LogP contribution is 2.36. The van der Waals surface area contributed by atoms with E-state index in [0.717, 1.165) is 12.1 Å². The Labute approximate surface area is 130 Å².